The third-order valence-electron chi connectivity index (χ3n) is 0.682. The molecule has 0 spiro atoms. The highest BCUT2D eigenvalue weighted by molar-refractivity contribution is 6.28. The second-order valence-electron chi connectivity index (χ2n) is 1.49. The molecule has 10 heavy (non-hydrogen) atoms. The zero-order valence-corrected chi connectivity index (χ0v) is 5.53. The minimum absolute atomic E-state index is 0.701. The maximum Gasteiger partial charge on any atom is 0.422 e. The summed E-state index contributed by atoms with van der Waals surface area (Å²) >= 11 is 0. The Morgan fingerprint density at radius 2 is 2.20 bits per heavy atom. The van der Waals surface area contributed by atoms with Crippen LogP contribution in [-0.4, -0.2) is 17.0 Å². The first-order valence-corrected chi connectivity index (χ1v) is 2.77. The topological polar surface area (TPSA) is 63.6 Å². The van der Waals surface area contributed by atoms with Crippen molar-refractivity contribution in [1.82, 2.24) is 0 Å². The second kappa shape index (κ2) is 4.55. The zero-order valence-electron chi connectivity index (χ0n) is 5.53. The minimum atomic E-state index is -1.58. The van der Waals surface area contributed by atoms with Gasteiger partial charge in [0, 0.05) is 0 Å². The molecule has 0 radical (unpaired) electrons. The summed E-state index contributed by atoms with van der Waals surface area (Å²) in [6.45, 7) is 1.84. The van der Waals surface area contributed by atoms with E-state index in [1.54, 1.807) is 6.08 Å². The van der Waals surface area contributed by atoms with Crippen molar-refractivity contribution in [1.29, 1.82) is 0 Å². The molecule has 4 nitrogen and oxygen atoms in total. The summed E-state index contributed by atoms with van der Waals surface area (Å²) in [5.41, 5.74) is 0. The van der Waals surface area contributed by atoms with E-state index in [0.717, 1.165) is 6.26 Å². The quantitative estimate of drug-likeness (QED) is 0.349. The van der Waals surface area contributed by atoms with E-state index >= 15 is 0 Å². The molecule has 0 aromatic carbocycles. The summed E-state index contributed by atoms with van der Waals surface area (Å²) in [4.78, 5) is 19.9. The number of carboxylic acid groups (broad SMARTS) is 1. The van der Waals surface area contributed by atoms with Crippen molar-refractivity contribution < 1.29 is 19.4 Å². The van der Waals surface area contributed by atoms with Gasteiger partial charge in [-0.25, -0.2) is 9.59 Å². The van der Waals surface area contributed by atoms with Crippen molar-refractivity contribution in [3.05, 3.63) is 12.3 Å². The van der Waals surface area contributed by atoms with E-state index < -0.39 is 11.9 Å². The lowest BCUT2D eigenvalue weighted by molar-refractivity contribution is -0.160. The van der Waals surface area contributed by atoms with E-state index in [1.165, 1.54) is 0 Å². The van der Waals surface area contributed by atoms with E-state index in [1.807, 2.05) is 6.92 Å². The molecule has 56 valence electrons. The van der Waals surface area contributed by atoms with Crippen LogP contribution in [0.2, 0.25) is 0 Å². The normalized spacial score (nSPS) is 9.70. The molecule has 0 aliphatic carbocycles. The molecule has 0 atom stereocenters. The lowest BCUT2D eigenvalue weighted by atomic mass is 10.5. The largest absolute Gasteiger partial charge is 0.473 e. The van der Waals surface area contributed by atoms with Crippen LogP contribution in [0, 0.1) is 0 Å². The second-order valence-corrected chi connectivity index (χ2v) is 1.49. The summed E-state index contributed by atoms with van der Waals surface area (Å²) in [5, 5.41) is 7.97. The van der Waals surface area contributed by atoms with Crippen LogP contribution in [0.25, 0.3) is 0 Å². The monoisotopic (exact) mass is 144 g/mol. The van der Waals surface area contributed by atoms with E-state index in [0.29, 0.717) is 6.42 Å². The van der Waals surface area contributed by atoms with Gasteiger partial charge in [-0.3, -0.25) is 0 Å². The number of hydrogen-bond donors (Lipinski definition) is 1. The molecule has 1 N–H and O–H groups in total. The van der Waals surface area contributed by atoms with Gasteiger partial charge < -0.3 is 9.84 Å². The molecule has 4 heteroatoms. The number of esters is 1. The summed E-state index contributed by atoms with van der Waals surface area (Å²) in [6.07, 6.45) is 3.31. The van der Waals surface area contributed by atoms with Gasteiger partial charge in [0.05, 0.1) is 6.26 Å². The smallest absolute Gasteiger partial charge is 0.422 e. The summed E-state index contributed by atoms with van der Waals surface area (Å²) in [7, 11) is 0. The Labute approximate surface area is 58.1 Å². The molecule has 0 aromatic heterocycles. The van der Waals surface area contributed by atoms with Crippen LogP contribution in [0.3, 0.4) is 0 Å². The van der Waals surface area contributed by atoms with Crippen LogP contribution in [0.15, 0.2) is 12.3 Å². The van der Waals surface area contributed by atoms with Crippen molar-refractivity contribution >= 4 is 11.9 Å². The maximum absolute atomic E-state index is 10.1. The molecule has 0 aromatic rings. The fourth-order valence-corrected chi connectivity index (χ4v) is 0.257. The molecule has 0 aliphatic rings. The van der Waals surface area contributed by atoms with Gasteiger partial charge in [-0.2, -0.15) is 0 Å². The van der Waals surface area contributed by atoms with Gasteiger partial charge in [-0.15, -0.1) is 0 Å². The molecule has 0 saturated heterocycles. The molecular weight excluding hydrogens is 136 g/mol. The molecule has 0 rings (SSSR count). The number of carbonyl (C=O) groups is 2. The molecule has 0 unspecified atom stereocenters. The molecular formula is C6H8O4. The Balaban J connectivity index is 3.60. The number of hydrogen-bond acceptors (Lipinski definition) is 3. The fourth-order valence-electron chi connectivity index (χ4n) is 0.257. The van der Waals surface area contributed by atoms with Crippen LogP contribution >= 0.6 is 0 Å². The highest BCUT2D eigenvalue weighted by Crippen LogP contribution is 1.83. The Kier molecular flexibility index (Phi) is 3.95. The van der Waals surface area contributed by atoms with E-state index in [-0.39, 0.29) is 0 Å². The minimum Gasteiger partial charge on any atom is -0.473 e. The van der Waals surface area contributed by atoms with Crippen LogP contribution in [0.5, 0.6) is 0 Å². The molecule has 0 bridgehead atoms. The number of allylic oxidation sites excluding steroid dienone is 1. The van der Waals surface area contributed by atoms with E-state index in [4.69, 9.17) is 5.11 Å². The standard InChI is InChI=1S/C6H8O4/c1-2-3-4-10-6(9)5(7)8/h3-4H,2H2,1H3,(H,7,8). The molecule has 0 amide bonds. The van der Waals surface area contributed by atoms with E-state index in [9.17, 15) is 9.59 Å². The lowest BCUT2D eigenvalue weighted by Gasteiger charge is -1.89. The van der Waals surface area contributed by atoms with Gasteiger partial charge >= 0.3 is 11.9 Å². The van der Waals surface area contributed by atoms with Crippen molar-refractivity contribution in [3.63, 3.8) is 0 Å². The van der Waals surface area contributed by atoms with Gasteiger partial charge in [0.25, 0.3) is 0 Å². The number of aliphatic carboxylic acids is 1. The van der Waals surface area contributed by atoms with Crippen LogP contribution in [0.4, 0.5) is 0 Å². The van der Waals surface area contributed by atoms with E-state index in [2.05, 4.69) is 4.74 Å². The first kappa shape index (κ1) is 8.68. The van der Waals surface area contributed by atoms with Crippen LogP contribution in [-0.2, 0) is 14.3 Å². The van der Waals surface area contributed by atoms with Crippen molar-refractivity contribution in [2.24, 2.45) is 0 Å². The van der Waals surface area contributed by atoms with Crippen molar-refractivity contribution in [3.8, 4) is 0 Å². The molecule has 0 heterocycles. The fraction of sp³-hybridized carbons (Fsp3) is 0.333. The van der Waals surface area contributed by atoms with Gasteiger partial charge in [0.1, 0.15) is 0 Å². The van der Waals surface area contributed by atoms with Crippen molar-refractivity contribution in [2.45, 2.75) is 13.3 Å². The Morgan fingerprint density at radius 3 is 2.60 bits per heavy atom. The first-order valence-electron chi connectivity index (χ1n) is 2.77. The van der Waals surface area contributed by atoms with Gasteiger partial charge in [-0.05, 0) is 12.5 Å². The number of carbonyl (C=O) groups excluding carboxylic acids is 1. The molecule has 0 fully saturated rings. The number of ether oxygens (including phenoxy) is 1. The average Bonchev–Trinajstić information content (AvgIpc) is 1.88. The summed E-state index contributed by atoms with van der Waals surface area (Å²) in [6, 6.07) is 0. The summed E-state index contributed by atoms with van der Waals surface area (Å²) < 4.78 is 4.12. The SMILES string of the molecule is CCC=COC(=O)C(=O)O. The number of carboxylic acids is 1. The average molecular weight is 144 g/mol. The van der Waals surface area contributed by atoms with Crippen molar-refractivity contribution in [2.75, 3.05) is 0 Å². The number of rotatable bonds is 2. The van der Waals surface area contributed by atoms with Gasteiger partial charge in [-0.1, -0.05) is 6.92 Å². The Morgan fingerprint density at radius 1 is 1.60 bits per heavy atom. The predicted octanol–water partition coefficient (Wildman–Crippen LogP) is 0.538. The summed E-state index contributed by atoms with van der Waals surface area (Å²) in [5.74, 6) is -2.84. The maximum atomic E-state index is 10.1. The first-order chi connectivity index (χ1) is 4.68. The van der Waals surface area contributed by atoms with Gasteiger partial charge in [0.2, 0.25) is 0 Å². The van der Waals surface area contributed by atoms with Gasteiger partial charge in [0.15, 0.2) is 0 Å². The third kappa shape index (κ3) is 3.65. The lowest BCUT2D eigenvalue weighted by Crippen LogP contribution is -2.13. The third-order valence-corrected chi connectivity index (χ3v) is 0.682. The Hall–Kier alpha value is -1.32. The highest BCUT2D eigenvalue weighted by atomic mass is 16.6. The Bertz CT molecular complexity index is 159. The van der Waals surface area contributed by atoms with Crippen LogP contribution < -0.4 is 0 Å². The highest BCUT2D eigenvalue weighted by Gasteiger charge is 2.09. The van der Waals surface area contributed by atoms with Crippen LogP contribution in [0.1, 0.15) is 13.3 Å². The molecule has 0 aliphatic heterocycles. The predicted molar refractivity (Wildman–Crippen MR) is 33.2 cm³/mol. The zero-order chi connectivity index (χ0) is 7.98. The molecule has 0 saturated carbocycles.